The Kier molecular flexibility index (Phi) is 7.37. The molecule has 2 rings (SSSR count). The molecule has 0 amide bonds. The maximum Gasteiger partial charge on any atom is 1.00 e. The van der Waals surface area contributed by atoms with E-state index in [1.165, 1.54) is 24.3 Å². The molecule has 0 unspecified atom stereocenters. The maximum absolute atomic E-state index is 11.8. The molecule has 1 N–H and O–H groups in total. The Morgan fingerprint density at radius 2 is 1.52 bits per heavy atom. The maximum atomic E-state index is 11.8. The molecular weight excluding hydrogens is 342 g/mol. The second-order valence-corrected chi connectivity index (χ2v) is 6.39. The second-order valence-electron chi connectivity index (χ2n) is 3.68. The van der Waals surface area contributed by atoms with Crippen molar-refractivity contribution in [3.8, 4) is 5.75 Å². The predicted molar refractivity (Wildman–Crippen MR) is 61.2 cm³/mol. The molecule has 0 radical (unpaired) electrons. The Morgan fingerprint density at radius 1 is 1.00 bits per heavy atom. The summed E-state index contributed by atoms with van der Waals surface area (Å²) in [6, 6.07) is 6.19. The van der Waals surface area contributed by atoms with Crippen molar-refractivity contribution in [2.45, 2.75) is 9.79 Å². The van der Waals surface area contributed by atoms with Crippen molar-refractivity contribution >= 4 is 31.0 Å². The molecule has 0 saturated heterocycles. The normalized spacial score (nSPS) is 11.5. The molecule has 2 aromatic rings. The molecule has 0 saturated carbocycles. The van der Waals surface area contributed by atoms with Gasteiger partial charge in [0.25, 0.3) is 10.1 Å². The minimum atomic E-state index is -5.15. The van der Waals surface area contributed by atoms with Gasteiger partial charge in [0.2, 0.25) is 0 Å². The molecule has 0 aliphatic carbocycles. The van der Waals surface area contributed by atoms with Crippen molar-refractivity contribution in [3.05, 3.63) is 30.3 Å². The van der Waals surface area contributed by atoms with Gasteiger partial charge in [-0.2, -0.15) is 8.42 Å². The zero-order chi connectivity index (χ0) is 14.4. The Bertz CT molecular complexity index is 876. The fourth-order valence-corrected chi connectivity index (χ4v) is 3.19. The van der Waals surface area contributed by atoms with Gasteiger partial charge in [-0.1, -0.05) is 30.0 Å². The fourth-order valence-electron chi connectivity index (χ4n) is 1.71. The van der Waals surface area contributed by atoms with E-state index in [0.717, 1.165) is 6.07 Å². The first-order valence-electron chi connectivity index (χ1n) is 4.78. The van der Waals surface area contributed by atoms with E-state index in [-0.39, 0.29) is 69.9 Å². The molecule has 11 heteroatoms. The zero-order valence-electron chi connectivity index (χ0n) is 11.1. The van der Waals surface area contributed by atoms with Crippen LogP contribution in [0, 0.1) is 0 Å². The first-order chi connectivity index (χ1) is 8.62. The quantitative estimate of drug-likeness (QED) is 0.422. The largest absolute Gasteiger partial charge is 1.00 e. The second kappa shape index (κ2) is 7.26. The van der Waals surface area contributed by atoms with Crippen LogP contribution in [0.1, 0.15) is 0 Å². The van der Waals surface area contributed by atoms with E-state index in [9.17, 15) is 26.5 Å². The van der Waals surface area contributed by atoms with Gasteiger partial charge in [0.05, 0.1) is 4.90 Å². The average molecular weight is 348 g/mol. The molecule has 21 heavy (non-hydrogen) atoms. The summed E-state index contributed by atoms with van der Waals surface area (Å²) in [5.74, 6) is -1.53. The van der Waals surface area contributed by atoms with E-state index in [0.29, 0.717) is 0 Å². The van der Waals surface area contributed by atoms with Crippen LogP contribution in [-0.4, -0.2) is 25.9 Å². The molecule has 102 valence electrons. The number of fused-ring (bicyclic) bond motifs is 1. The van der Waals surface area contributed by atoms with Crippen LogP contribution >= 0.6 is 0 Å². The summed E-state index contributed by atoms with van der Waals surface area (Å²) >= 11 is 0. The standard InChI is InChI=1S/C10H8O7S2.2Na/c11-9-8(18(12,13)14)5-6-3-1-2-4-7(6)10(9)19(15,16)17;;/h1-5,11H,(H,12,13,14)(H,15,16,17);;/q;2*+1/p-2. The van der Waals surface area contributed by atoms with Crippen molar-refractivity contribution in [3.63, 3.8) is 0 Å². The van der Waals surface area contributed by atoms with E-state index in [4.69, 9.17) is 4.55 Å². The molecule has 0 aliphatic heterocycles. The van der Waals surface area contributed by atoms with Crippen LogP contribution in [0.15, 0.2) is 40.1 Å². The fraction of sp³-hybridized carbons (Fsp3) is 0. The molecule has 0 spiro atoms. The van der Waals surface area contributed by atoms with Gasteiger partial charge in [0, 0.05) is 10.3 Å². The summed E-state index contributed by atoms with van der Waals surface area (Å²) in [7, 11) is -10.1. The number of benzene rings is 2. The van der Waals surface area contributed by atoms with E-state index in [2.05, 4.69) is 0 Å². The molecule has 0 bridgehead atoms. The Labute approximate surface area is 165 Å². The van der Waals surface area contributed by atoms with Gasteiger partial charge in [-0.25, -0.2) is 8.42 Å². The Hall–Kier alpha value is 0.320. The van der Waals surface area contributed by atoms with E-state index in [1.807, 2.05) is 0 Å². The van der Waals surface area contributed by atoms with E-state index in [1.54, 1.807) is 0 Å². The third kappa shape index (κ3) is 4.41. The first kappa shape index (κ1) is 21.3. The minimum absolute atomic E-state index is 0. The van der Waals surface area contributed by atoms with Gasteiger partial charge in [0.1, 0.15) is 10.1 Å². The zero-order valence-corrected chi connectivity index (χ0v) is 16.7. The summed E-state index contributed by atoms with van der Waals surface area (Å²) in [6.45, 7) is 0. The SMILES string of the molecule is O=S(=O)([O-])c1cc2ccccc2c(S(=O)(=O)O)c1[O-].[Na+].[Na+]. The summed E-state index contributed by atoms with van der Waals surface area (Å²) < 4.78 is 64.3. The summed E-state index contributed by atoms with van der Waals surface area (Å²) in [5.41, 5.74) is 0. The monoisotopic (exact) mass is 348 g/mol. The molecule has 0 aromatic heterocycles. The van der Waals surface area contributed by atoms with Gasteiger partial charge in [-0.3, -0.25) is 4.55 Å². The van der Waals surface area contributed by atoms with Crippen LogP contribution < -0.4 is 64.2 Å². The molecule has 2 aromatic carbocycles. The van der Waals surface area contributed by atoms with Gasteiger partial charge >= 0.3 is 59.1 Å². The van der Waals surface area contributed by atoms with Crippen LogP contribution in [-0.2, 0) is 20.2 Å². The minimum Gasteiger partial charge on any atom is -0.871 e. The molecule has 0 fully saturated rings. The molecule has 0 atom stereocenters. The van der Waals surface area contributed by atoms with Gasteiger partial charge in [-0.15, -0.1) is 0 Å². The van der Waals surface area contributed by atoms with Gasteiger partial charge in [0.15, 0.2) is 0 Å². The van der Waals surface area contributed by atoms with Crippen LogP contribution in [0.25, 0.3) is 10.8 Å². The average Bonchev–Trinajstić information content (AvgIpc) is 2.24. The third-order valence-electron chi connectivity index (χ3n) is 2.45. The van der Waals surface area contributed by atoms with Crippen molar-refractivity contribution in [2.24, 2.45) is 0 Å². The summed E-state index contributed by atoms with van der Waals surface area (Å²) in [6.07, 6.45) is 0. The first-order valence-corrected chi connectivity index (χ1v) is 7.63. The molecule has 7 nitrogen and oxygen atoms in total. The van der Waals surface area contributed by atoms with Crippen molar-refractivity contribution in [2.75, 3.05) is 0 Å². The Morgan fingerprint density at radius 3 is 2.00 bits per heavy atom. The number of hydrogen-bond donors (Lipinski definition) is 1. The van der Waals surface area contributed by atoms with Crippen molar-refractivity contribution in [1.29, 1.82) is 0 Å². The van der Waals surface area contributed by atoms with E-state index < -0.39 is 35.8 Å². The summed E-state index contributed by atoms with van der Waals surface area (Å²) in [4.78, 5) is -2.32. The van der Waals surface area contributed by atoms with Gasteiger partial charge in [-0.05, 0) is 11.5 Å². The smallest absolute Gasteiger partial charge is 0.871 e. The predicted octanol–water partition coefficient (Wildman–Crippen LogP) is -5.93. The van der Waals surface area contributed by atoms with Gasteiger partial charge < -0.3 is 9.66 Å². The van der Waals surface area contributed by atoms with Crippen molar-refractivity contribution in [1.82, 2.24) is 0 Å². The topological polar surface area (TPSA) is 135 Å². The van der Waals surface area contributed by atoms with E-state index >= 15 is 0 Å². The van der Waals surface area contributed by atoms with Crippen LogP contribution in [0.4, 0.5) is 0 Å². The third-order valence-corrected chi connectivity index (χ3v) is 4.21. The number of rotatable bonds is 2. The van der Waals surface area contributed by atoms with Crippen LogP contribution in [0.2, 0.25) is 0 Å². The van der Waals surface area contributed by atoms with Crippen LogP contribution in [0.5, 0.6) is 5.75 Å². The number of hydrogen-bond acceptors (Lipinski definition) is 6. The van der Waals surface area contributed by atoms with Crippen molar-refractivity contribution < 1.29 is 90.2 Å². The molecule has 0 aliphatic rings. The Balaban J connectivity index is 0.00000200. The summed E-state index contributed by atoms with van der Waals surface area (Å²) in [5, 5.41) is 11.7. The van der Waals surface area contributed by atoms with Crippen LogP contribution in [0.3, 0.4) is 0 Å². The molecule has 0 heterocycles. The molecular formula is C10H6Na2O7S2.